The van der Waals surface area contributed by atoms with Gasteiger partial charge >= 0.3 is 0 Å². The van der Waals surface area contributed by atoms with E-state index in [0.29, 0.717) is 11.5 Å². The molecule has 6 heteroatoms. The third-order valence-corrected chi connectivity index (χ3v) is 3.73. The number of nitrogens with zero attached hydrogens (tertiary/aromatic N) is 1. The number of benzene rings is 1. The molecule has 0 unspecified atom stereocenters. The molecule has 0 spiro atoms. The van der Waals surface area contributed by atoms with Crippen LogP contribution in [0.2, 0.25) is 0 Å². The lowest BCUT2D eigenvalue weighted by Crippen LogP contribution is -2.38. The Morgan fingerprint density at radius 3 is 2.61 bits per heavy atom. The van der Waals surface area contributed by atoms with Crippen molar-refractivity contribution in [2.75, 3.05) is 33.9 Å². The number of nitrogens with one attached hydrogen (secondary N) is 1. The summed E-state index contributed by atoms with van der Waals surface area (Å²) in [5.41, 5.74) is 0.759. The molecule has 0 atom stereocenters. The second-order valence-electron chi connectivity index (χ2n) is 5.25. The number of carbonyl (C=O) groups is 2. The van der Waals surface area contributed by atoms with Crippen LogP contribution in [-0.4, -0.2) is 50.6 Å². The van der Waals surface area contributed by atoms with Crippen molar-refractivity contribution in [3.05, 3.63) is 29.8 Å². The Labute approximate surface area is 136 Å². The van der Waals surface area contributed by atoms with Crippen molar-refractivity contribution in [1.29, 1.82) is 0 Å². The molecule has 124 valence electrons. The van der Waals surface area contributed by atoms with Crippen LogP contribution in [0.5, 0.6) is 11.5 Å². The molecule has 0 aliphatic carbocycles. The molecule has 1 fully saturated rings. The second-order valence-corrected chi connectivity index (χ2v) is 5.25. The minimum absolute atomic E-state index is 0.0307. The molecular weight excluding hydrogens is 296 g/mol. The van der Waals surface area contributed by atoms with E-state index in [1.54, 1.807) is 43.4 Å². The highest BCUT2D eigenvalue weighted by Gasteiger charge is 2.17. The van der Waals surface area contributed by atoms with E-state index < -0.39 is 0 Å². The largest absolute Gasteiger partial charge is 0.497 e. The quantitative estimate of drug-likeness (QED) is 0.806. The molecule has 2 amide bonds. The minimum atomic E-state index is -0.310. The fraction of sp³-hybridized carbons (Fsp3) is 0.412. The van der Waals surface area contributed by atoms with Gasteiger partial charge in [0.1, 0.15) is 11.5 Å². The van der Waals surface area contributed by atoms with Gasteiger partial charge in [0.15, 0.2) is 0 Å². The van der Waals surface area contributed by atoms with E-state index >= 15 is 0 Å². The van der Waals surface area contributed by atoms with Gasteiger partial charge in [-0.15, -0.1) is 0 Å². The van der Waals surface area contributed by atoms with Crippen LogP contribution in [0.1, 0.15) is 18.4 Å². The van der Waals surface area contributed by atoms with Crippen molar-refractivity contribution in [1.82, 2.24) is 10.2 Å². The Morgan fingerprint density at radius 2 is 1.96 bits per heavy atom. The van der Waals surface area contributed by atoms with E-state index in [9.17, 15) is 9.59 Å². The molecule has 23 heavy (non-hydrogen) atoms. The summed E-state index contributed by atoms with van der Waals surface area (Å²) in [6.45, 7) is 1.60. The Kier molecular flexibility index (Phi) is 6.02. The van der Waals surface area contributed by atoms with Gasteiger partial charge in [-0.3, -0.25) is 9.59 Å². The van der Waals surface area contributed by atoms with E-state index in [2.05, 4.69) is 5.32 Å². The molecule has 1 N–H and O–H groups in total. The van der Waals surface area contributed by atoms with Crippen molar-refractivity contribution in [2.24, 2.45) is 0 Å². The Balaban J connectivity index is 1.89. The fourth-order valence-corrected chi connectivity index (χ4v) is 2.42. The van der Waals surface area contributed by atoms with Gasteiger partial charge in [-0.05, 0) is 31.1 Å². The van der Waals surface area contributed by atoms with Gasteiger partial charge in [0.05, 0.1) is 20.8 Å². The lowest BCUT2D eigenvalue weighted by Gasteiger charge is -2.14. The van der Waals surface area contributed by atoms with Gasteiger partial charge in [-0.1, -0.05) is 0 Å². The molecule has 0 radical (unpaired) electrons. The smallest absolute Gasteiger partial charge is 0.244 e. The zero-order valence-electron chi connectivity index (χ0n) is 13.5. The van der Waals surface area contributed by atoms with Crippen molar-refractivity contribution in [2.45, 2.75) is 12.8 Å². The first-order valence-corrected chi connectivity index (χ1v) is 7.59. The molecule has 0 aromatic heterocycles. The summed E-state index contributed by atoms with van der Waals surface area (Å²) >= 11 is 0. The summed E-state index contributed by atoms with van der Waals surface area (Å²) in [6.07, 6.45) is 5.11. The number of carbonyl (C=O) groups excluding carboxylic acids is 2. The van der Waals surface area contributed by atoms with Gasteiger partial charge in [-0.2, -0.15) is 0 Å². The van der Waals surface area contributed by atoms with Gasteiger partial charge in [0.2, 0.25) is 11.8 Å². The SMILES string of the molecule is COc1ccc(/C=C/C(=O)NCC(=O)N2CCCC2)c(OC)c1. The summed E-state index contributed by atoms with van der Waals surface area (Å²) in [7, 11) is 3.13. The Morgan fingerprint density at radius 1 is 1.22 bits per heavy atom. The summed E-state index contributed by atoms with van der Waals surface area (Å²) in [5.74, 6) is 0.947. The average Bonchev–Trinajstić information content (AvgIpc) is 3.12. The number of methoxy groups -OCH3 is 2. The van der Waals surface area contributed by atoms with Crippen LogP contribution in [0, 0.1) is 0 Å². The van der Waals surface area contributed by atoms with Crippen LogP contribution in [0.3, 0.4) is 0 Å². The average molecular weight is 318 g/mol. The lowest BCUT2D eigenvalue weighted by molar-refractivity contribution is -0.131. The van der Waals surface area contributed by atoms with Gasteiger partial charge < -0.3 is 19.7 Å². The Hall–Kier alpha value is -2.50. The maximum Gasteiger partial charge on any atom is 0.244 e. The fourth-order valence-electron chi connectivity index (χ4n) is 2.42. The van der Waals surface area contributed by atoms with Crippen LogP contribution >= 0.6 is 0 Å². The van der Waals surface area contributed by atoms with Gasteiger partial charge in [-0.25, -0.2) is 0 Å². The van der Waals surface area contributed by atoms with E-state index in [1.165, 1.54) is 6.08 Å². The summed E-state index contributed by atoms with van der Waals surface area (Å²) in [4.78, 5) is 25.4. The highest BCUT2D eigenvalue weighted by molar-refractivity contribution is 5.94. The predicted octanol–water partition coefficient (Wildman–Crippen LogP) is 1.46. The number of ether oxygens (including phenoxy) is 2. The number of hydrogen-bond donors (Lipinski definition) is 1. The summed E-state index contributed by atoms with van der Waals surface area (Å²) in [5, 5.41) is 2.61. The molecule has 1 saturated heterocycles. The molecule has 6 nitrogen and oxygen atoms in total. The topological polar surface area (TPSA) is 67.9 Å². The third-order valence-electron chi connectivity index (χ3n) is 3.73. The van der Waals surface area contributed by atoms with E-state index in [4.69, 9.17) is 9.47 Å². The van der Waals surface area contributed by atoms with Crippen molar-refractivity contribution >= 4 is 17.9 Å². The zero-order chi connectivity index (χ0) is 16.7. The highest BCUT2D eigenvalue weighted by atomic mass is 16.5. The van der Waals surface area contributed by atoms with Crippen molar-refractivity contribution < 1.29 is 19.1 Å². The van der Waals surface area contributed by atoms with E-state index in [1.807, 2.05) is 0 Å². The first kappa shape index (κ1) is 16.9. The zero-order valence-corrected chi connectivity index (χ0v) is 13.5. The molecule has 0 saturated carbocycles. The van der Waals surface area contributed by atoms with Gasteiger partial charge in [0, 0.05) is 30.8 Å². The first-order valence-electron chi connectivity index (χ1n) is 7.59. The maximum atomic E-state index is 11.8. The van der Waals surface area contributed by atoms with Crippen LogP contribution in [0.4, 0.5) is 0 Å². The first-order chi connectivity index (χ1) is 11.1. The molecule has 1 aromatic carbocycles. The lowest BCUT2D eigenvalue weighted by atomic mass is 10.1. The highest BCUT2D eigenvalue weighted by Crippen LogP contribution is 2.25. The molecule has 2 rings (SSSR count). The number of hydrogen-bond acceptors (Lipinski definition) is 4. The molecule has 1 aliphatic rings. The van der Waals surface area contributed by atoms with Crippen molar-refractivity contribution in [3.8, 4) is 11.5 Å². The van der Waals surface area contributed by atoms with Crippen LogP contribution in [0.15, 0.2) is 24.3 Å². The molecule has 1 aromatic rings. The monoisotopic (exact) mass is 318 g/mol. The number of likely N-dealkylation sites (tertiary alicyclic amines) is 1. The third kappa shape index (κ3) is 4.74. The van der Waals surface area contributed by atoms with E-state index in [-0.39, 0.29) is 18.4 Å². The van der Waals surface area contributed by atoms with Gasteiger partial charge in [0.25, 0.3) is 0 Å². The number of amides is 2. The normalized spacial score (nSPS) is 14.1. The van der Waals surface area contributed by atoms with E-state index in [0.717, 1.165) is 31.5 Å². The summed E-state index contributed by atoms with van der Waals surface area (Å²) in [6, 6.07) is 5.34. The van der Waals surface area contributed by atoms with Crippen LogP contribution in [-0.2, 0) is 9.59 Å². The number of rotatable bonds is 6. The molecular formula is C17H22N2O4. The second kappa shape index (κ2) is 8.22. The molecule has 0 bridgehead atoms. The van der Waals surface area contributed by atoms with Crippen LogP contribution < -0.4 is 14.8 Å². The maximum absolute atomic E-state index is 11.8. The van der Waals surface area contributed by atoms with Crippen LogP contribution in [0.25, 0.3) is 6.08 Å². The predicted molar refractivity (Wildman–Crippen MR) is 87.4 cm³/mol. The summed E-state index contributed by atoms with van der Waals surface area (Å²) < 4.78 is 10.4. The van der Waals surface area contributed by atoms with Crippen molar-refractivity contribution in [3.63, 3.8) is 0 Å². The molecule has 1 aliphatic heterocycles. The Bertz CT molecular complexity index is 592. The minimum Gasteiger partial charge on any atom is -0.497 e. The molecule has 1 heterocycles. The standard InChI is InChI=1S/C17H22N2O4/c1-22-14-7-5-13(15(11-14)23-2)6-8-16(20)18-12-17(21)19-9-3-4-10-19/h5-8,11H,3-4,9-10,12H2,1-2H3,(H,18,20)/b8-6+.